The molecule has 8 rings (SSSR count). The summed E-state index contributed by atoms with van der Waals surface area (Å²) in [5.74, 6) is 1.16. The van der Waals surface area contributed by atoms with Crippen molar-refractivity contribution in [3.8, 4) is 22.8 Å². The molecule has 8 aromatic rings. The Labute approximate surface area is 346 Å². The van der Waals surface area contributed by atoms with E-state index in [1.807, 2.05) is 140 Å². The summed E-state index contributed by atoms with van der Waals surface area (Å²) in [7, 11) is 1.95. The number of amides is 2. The van der Waals surface area contributed by atoms with Crippen LogP contribution in [0.25, 0.3) is 44.8 Å². The van der Waals surface area contributed by atoms with Crippen LogP contribution in [-0.2, 0) is 13.6 Å². The van der Waals surface area contributed by atoms with Crippen molar-refractivity contribution in [3.05, 3.63) is 165 Å². The number of fused-ring (bicyclic) bond motifs is 2. The molecule has 9 nitrogen and oxygen atoms in total. The number of aryl methyl sites for hydroxylation is 5. The van der Waals surface area contributed by atoms with Crippen LogP contribution in [0.3, 0.4) is 0 Å². The highest BCUT2D eigenvalue weighted by molar-refractivity contribution is 6.33. The summed E-state index contributed by atoms with van der Waals surface area (Å²) in [4.78, 5) is 35.0. The predicted octanol–water partition coefficient (Wildman–Crippen LogP) is 11.0. The fraction of sp³-hybridized carbons (Fsp3) is 0.149. The van der Waals surface area contributed by atoms with Crippen molar-refractivity contribution in [2.24, 2.45) is 7.05 Å². The normalized spacial score (nSPS) is 11.0. The first kappa shape index (κ1) is 40.0. The van der Waals surface area contributed by atoms with Gasteiger partial charge in [0, 0.05) is 52.2 Å². The largest absolute Gasteiger partial charge is 0.395 e. The number of aromatic nitrogens is 4. The Hall–Kier alpha value is -6.26. The minimum absolute atomic E-state index is 0.0536. The van der Waals surface area contributed by atoms with Gasteiger partial charge in [-0.1, -0.05) is 47.5 Å². The van der Waals surface area contributed by atoms with E-state index < -0.39 is 0 Å². The van der Waals surface area contributed by atoms with Crippen LogP contribution in [0.1, 0.15) is 43.0 Å². The van der Waals surface area contributed by atoms with E-state index >= 15 is 0 Å². The highest BCUT2D eigenvalue weighted by atomic mass is 35.5. The molecule has 58 heavy (non-hydrogen) atoms. The van der Waals surface area contributed by atoms with Gasteiger partial charge in [-0.15, -0.1) is 0 Å². The van der Waals surface area contributed by atoms with E-state index in [2.05, 4.69) is 17.6 Å². The third kappa shape index (κ3) is 8.52. The lowest BCUT2D eigenvalue weighted by molar-refractivity contribution is 0.101. The second kappa shape index (κ2) is 17.1. The predicted molar refractivity (Wildman–Crippen MR) is 236 cm³/mol. The SMILES string of the molecule is Cc1ccc(NC(=O)c2ccc3nc(-c4ccc(Cl)cc4)n(C)c3c2)cc1C.Cc1ccc(NC(=O)c2ccc3nc(-c4ccccc4Cl)n(CCO)c3c2)cc1C. The van der Waals surface area contributed by atoms with Crippen LogP contribution in [0, 0.1) is 27.7 Å². The molecule has 0 saturated heterocycles. The van der Waals surface area contributed by atoms with Gasteiger partial charge >= 0.3 is 0 Å². The van der Waals surface area contributed by atoms with Crippen LogP contribution in [0.15, 0.2) is 121 Å². The number of carbonyl (C=O) groups is 2. The summed E-state index contributed by atoms with van der Waals surface area (Å²) in [6, 6.07) is 37.7. The molecule has 0 aliphatic rings. The molecule has 2 amide bonds. The van der Waals surface area contributed by atoms with Crippen LogP contribution >= 0.6 is 23.2 Å². The first-order valence-corrected chi connectivity index (χ1v) is 19.5. The van der Waals surface area contributed by atoms with E-state index in [4.69, 9.17) is 33.2 Å². The Balaban J connectivity index is 0.000000177. The zero-order valence-corrected chi connectivity index (χ0v) is 34.3. The maximum atomic E-state index is 12.8. The lowest BCUT2D eigenvalue weighted by atomic mass is 10.1. The molecule has 2 aromatic heterocycles. The number of benzene rings is 6. The third-order valence-corrected chi connectivity index (χ3v) is 10.8. The zero-order valence-electron chi connectivity index (χ0n) is 32.8. The minimum Gasteiger partial charge on any atom is -0.395 e. The van der Waals surface area contributed by atoms with Crippen molar-refractivity contribution in [3.63, 3.8) is 0 Å². The summed E-state index contributed by atoms with van der Waals surface area (Å²) in [5, 5.41) is 16.8. The third-order valence-electron chi connectivity index (χ3n) is 10.2. The van der Waals surface area contributed by atoms with Crippen LogP contribution in [0.5, 0.6) is 0 Å². The Morgan fingerprint density at radius 2 is 1.16 bits per heavy atom. The Kier molecular flexibility index (Phi) is 11.8. The highest BCUT2D eigenvalue weighted by Crippen LogP contribution is 2.31. The number of imidazole rings is 2. The van der Waals surface area contributed by atoms with Gasteiger partial charge in [0.2, 0.25) is 0 Å². The number of anilines is 2. The monoisotopic (exact) mass is 808 g/mol. The second-order valence-corrected chi connectivity index (χ2v) is 15.0. The quantitative estimate of drug-likeness (QED) is 0.141. The van der Waals surface area contributed by atoms with Gasteiger partial charge in [0.15, 0.2) is 0 Å². The Morgan fingerprint density at radius 1 is 0.621 bits per heavy atom. The fourth-order valence-electron chi connectivity index (χ4n) is 6.67. The molecule has 0 aliphatic carbocycles. The van der Waals surface area contributed by atoms with Crippen molar-refractivity contribution in [2.45, 2.75) is 34.2 Å². The van der Waals surface area contributed by atoms with Gasteiger partial charge in [-0.2, -0.15) is 0 Å². The molecule has 6 aromatic carbocycles. The molecular weight excluding hydrogens is 767 g/mol. The summed E-state index contributed by atoms with van der Waals surface area (Å²) < 4.78 is 3.88. The number of nitrogens with zero attached hydrogens (tertiary/aromatic N) is 4. The van der Waals surface area contributed by atoms with E-state index in [9.17, 15) is 14.7 Å². The van der Waals surface area contributed by atoms with Gasteiger partial charge in [-0.3, -0.25) is 9.59 Å². The first-order valence-electron chi connectivity index (χ1n) is 18.8. The maximum Gasteiger partial charge on any atom is 0.255 e. The van der Waals surface area contributed by atoms with E-state index in [0.717, 1.165) is 61.5 Å². The van der Waals surface area contributed by atoms with Crippen molar-refractivity contribution in [2.75, 3.05) is 17.2 Å². The minimum atomic E-state index is -0.198. The average molecular weight is 810 g/mol. The van der Waals surface area contributed by atoms with Crippen molar-refractivity contribution in [1.82, 2.24) is 19.1 Å². The number of hydrogen-bond acceptors (Lipinski definition) is 5. The Bertz CT molecular complexity index is 2830. The summed E-state index contributed by atoms with van der Waals surface area (Å²) in [6.07, 6.45) is 0. The van der Waals surface area contributed by atoms with Crippen molar-refractivity contribution in [1.29, 1.82) is 0 Å². The number of carbonyl (C=O) groups excluding carboxylic acids is 2. The van der Waals surface area contributed by atoms with E-state index in [1.165, 1.54) is 11.1 Å². The molecular formula is C47H42Cl2N6O3. The number of halogens is 2. The molecule has 0 aliphatic heterocycles. The molecule has 2 heterocycles. The maximum absolute atomic E-state index is 12.8. The van der Waals surface area contributed by atoms with E-state index in [0.29, 0.717) is 33.5 Å². The zero-order chi connectivity index (χ0) is 41.1. The Morgan fingerprint density at radius 3 is 1.71 bits per heavy atom. The van der Waals surface area contributed by atoms with Crippen molar-refractivity contribution >= 4 is 68.5 Å². The summed E-state index contributed by atoms with van der Waals surface area (Å²) in [5.41, 5.74) is 12.3. The van der Waals surface area contributed by atoms with Gasteiger partial charge < -0.3 is 24.9 Å². The van der Waals surface area contributed by atoms with Crippen molar-refractivity contribution < 1.29 is 14.7 Å². The number of nitrogens with one attached hydrogen (secondary N) is 2. The number of aliphatic hydroxyl groups excluding tert-OH is 1. The molecule has 0 saturated carbocycles. The van der Waals surface area contributed by atoms with E-state index in [1.54, 1.807) is 18.2 Å². The molecule has 0 radical (unpaired) electrons. The van der Waals surface area contributed by atoms with Gasteiger partial charge in [0.1, 0.15) is 11.6 Å². The smallest absolute Gasteiger partial charge is 0.255 e. The van der Waals surface area contributed by atoms with Gasteiger partial charge in [0.05, 0.1) is 33.7 Å². The van der Waals surface area contributed by atoms with E-state index in [-0.39, 0.29) is 18.4 Å². The van der Waals surface area contributed by atoms with Gasteiger partial charge in [0.25, 0.3) is 11.8 Å². The fourth-order valence-corrected chi connectivity index (χ4v) is 7.02. The number of rotatable bonds is 8. The topological polar surface area (TPSA) is 114 Å². The van der Waals surface area contributed by atoms with Crippen LogP contribution < -0.4 is 10.6 Å². The first-order chi connectivity index (χ1) is 27.9. The lowest BCUT2D eigenvalue weighted by Crippen LogP contribution is -2.12. The molecule has 0 fully saturated rings. The molecule has 0 bridgehead atoms. The molecule has 11 heteroatoms. The molecule has 0 atom stereocenters. The molecule has 292 valence electrons. The van der Waals surface area contributed by atoms with Crippen LogP contribution in [-0.4, -0.2) is 42.6 Å². The average Bonchev–Trinajstić information content (AvgIpc) is 3.74. The second-order valence-electron chi connectivity index (χ2n) is 14.2. The van der Waals surface area contributed by atoms with Gasteiger partial charge in [-0.25, -0.2) is 9.97 Å². The summed E-state index contributed by atoms with van der Waals surface area (Å²) >= 11 is 12.4. The molecule has 0 unspecified atom stereocenters. The molecule has 3 N–H and O–H groups in total. The van der Waals surface area contributed by atoms with Crippen LogP contribution in [0.2, 0.25) is 10.0 Å². The highest BCUT2D eigenvalue weighted by Gasteiger charge is 2.18. The lowest BCUT2D eigenvalue weighted by Gasteiger charge is -2.10. The van der Waals surface area contributed by atoms with Gasteiger partial charge in [-0.05, 0) is 147 Å². The van der Waals surface area contributed by atoms with Crippen LogP contribution in [0.4, 0.5) is 11.4 Å². The summed E-state index contributed by atoms with van der Waals surface area (Å²) in [6.45, 7) is 8.43. The number of hydrogen-bond donors (Lipinski definition) is 3. The number of aliphatic hydroxyl groups is 1. The standard InChI is InChI=1S/C24H22ClN3O2.C23H20ClN3O/c1-15-7-9-18(13-16(15)2)26-24(30)17-8-10-21-22(14-17)28(11-12-29)23(27-21)19-5-3-4-6-20(19)25;1-14-4-10-19(12-15(14)2)25-23(28)17-7-11-20-21(13-17)27(3)22(26-20)16-5-8-18(24)9-6-16/h3-10,13-14,29H,11-12H2,1-2H3,(H,26,30);4-13H,1-3H3,(H,25,28). The molecule has 0 spiro atoms.